The predicted octanol–water partition coefficient (Wildman–Crippen LogP) is 5.30. The first-order chi connectivity index (χ1) is 13.4. The quantitative estimate of drug-likeness (QED) is 0.429. The van der Waals surface area contributed by atoms with Crippen molar-refractivity contribution in [3.8, 4) is 0 Å². The van der Waals surface area contributed by atoms with Crippen LogP contribution in [0.25, 0.3) is 0 Å². The maximum atomic E-state index is 12.1. The van der Waals surface area contributed by atoms with Gasteiger partial charge in [-0.15, -0.1) is 0 Å². The lowest BCUT2D eigenvalue weighted by Gasteiger charge is -2.17. The van der Waals surface area contributed by atoms with E-state index in [0.29, 0.717) is 33.0 Å². The zero-order valence-electron chi connectivity index (χ0n) is 15.8. The van der Waals surface area contributed by atoms with E-state index in [1.54, 1.807) is 42.5 Å². The summed E-state index contributed by atoms with van der Waals surface area (Å²) < 4.78 is 5.32. The molecule has 28 heavy (non-hydrogen) atoms. The maximum absolute atomic E-state index is 12.1. The molecule has 0 heterocycles. The van der Waals surface area contributed by atoms with Crippen molar-refractivity contribution in [1.82, 2.24) is 4.90 Å². The molecule has 0 aliphatic carbocycles. The molecule has 0 saturated carbocycles. The number of esters is 1. The molecule has 0 radical (unpaired) electrons. The van der Waals surface area contributed by atoms with Gasteiger partial charge in [0.2, 0.25) is 0 Å². The number of halogens is 2. The van der Waals surface area contributed by atoms with Gasteiger partial charge in [0.1, 0.15) is 6.61 Å². The summed E-state index contributed by atoms with van der Waals surface area (Å²) in [4.78, 5) is 14.3. The summed E-state index contributed by atoms with van der Waals surface area (Å²) in [5.74, 6) is -0.342. The van der Waals surface area contributed by atoms with Crippen molar-refractivity contribution >= 4 is 57.9 Å². The fraction of sp³-hybridized carbons (Fsp3) is 0.300. The summed E-state index contributed by atoms with van der Waals surface area (Å²) in [6.45, 7) is 7.12. The van der Waals surface area contributed by atoms with Crippen LogP contribution in [0.5, 0.6) is 0 Å². The Morgan fingerprint density at radius 2 is 1.75 bits per heavy atom. The molecule has 0 aromatic heterocycles. The Balaban J connectivity index is 1.87. The lowest BCUT2D eigenvalue weighted by Crippen LogP contribution is -2.27. The second-order valence-corrected chi connectivity index (χ2v) is 7.11. The first kappa shape index (κ1) is 22.4. The molecule has 0 amide bonds. The normalized spacial score (nSPS) is 10.6. The number of rotatable bonds is 8. The largest absolute Gasteiger partial charge is 0.461 e. The summed E-state index contributed by atoms with van der Waals surface area (Å²) in [6.07, 6.45) is 0. The monoisotopic (exact) mass is 439 g/mol. The number of nitrogens with one attached hydrogen (secondary N) is 2. The van der Waals surface area contributed by atoms with Gasteiger partial charge in [-0.2, -0.15) is 0 Å². The number of thiocarbonyl (C=S) groups is 1. The highest BCUT2D eigenvalue weighted by Gasteiger charge is 2.09. The van der Waals surface area contributed by atoms with Gasteiger partial charge < -0.3 is 20.3 Å². The van der Waals surface area contributed by atoms with Gasteiger partial charge in [-0.1, -0.05) is 43.1 Å². The van der Waals surface area contributed by atoms with E-state index in [-0.39, 0.29) is 5.97 Å². The summed E-state index contributed by atoms with van der Waals surface area (Å²) in [7, 11) is 0. The standard InChI is InChI=1S/C20H23Cl2N3O2S/c1-3-25(4-2)12-13-27-19(26)14-8-10-15(11-9-14)23-20(28)24-17-7-5-6-16(21)18(17)22/h5-11H,3-4,12-13H2,1-2H3,(H2,23,24,28). The van der Waals surface area contributed by atoms with E-state index >= 15 is 0 Å². The van der Waals surface area contributed by atoms with E-state index in [4.69, 9.17) is 40.2 Å². The van der Waals surface area contributed by atoms with Crippen LogP contribution >= 0.6 is 35.4 Å². The molecular weight excluding hydrogens is 417 g/mol. The van der Waals surface area contributed by atoms with Gasteiger partial charge in [0, 0.05) is 12.2 Å². The van der Waals surface area contributed by atoms with Crippen LogP contribution < -0.4 is 10.6 Å². The van der Waals surface area contributed by atoms with Gasteiger partial charge in [0.05, 0.1) is 21.3 Å². The fourth-order valence-corrected chi connectivity index (χ4v) is 3.04. The van der Waals surface area contributed by atoms with Crippen molar-refractivity contribution in [2.45, 2.75) is 13.8 Å². The first-order valence-corrected chi connectivity index (χ1v) is 10.1. The van der Waals surface area contributed by atoms with Crippen LogP contribution in [-0.2, 0) is 4.74 Å². The molecule has 2 rings (SSSR count). The first-order valence-electron chi connectivity index (χ1n) is 8.96. The maximum Gasteiger partial charge on any atom is 0.338 e. The molecule has 0 saturated heterocycles. The minimum Gasteiger partial charge on any atom is -0.461 e. The number of nitrogens with zero attached hydrogens (tertiary/aromatic N) is 1. The van der Waals surface area contributed by atoms with Gasteiger partial charge in [-0.05, 0) is 61.7 Å². The Hall–Kier alpha value is -1.86. The molecule has 0 spiro atoms. The molecule has 0 aliphatic rings. The molecule has 8 heteroatoms. The molecular formula is C20H23Cl2N3O2S. The number of carbonyl (C=O) groups is 1. The molecule has 0 fully saturated rings. The third-order valence-electron chi connectivity index (χ3n) is 4.11. The molecule has 0 atom stereocenters. The molecule has 0 bridgehead atoms. The minimum absolute atomic E-state index is 0.342. The molecule has 2 N–H and O–H groups in total. The predicted molar refractivity (Wildman–Crippen MR) is 121 cm³/mol. The summed E-state index contributed by atoms with van der Waals surface area (Å²) in [5, 5.41) is 7.23. The molecule has 150 valence electrons. The van der Waals surface area contributed by atoms with Crippen LogP contribution in [0.3, 0.4) is 0 Å². The lowest BCUT2D eigenvalue weighted by atomic mass is 10.2. The molecule has 2 aromatic rings. The fourth-order valence-electron chi connectivity index (χ4n) is 2.47. The Morgan fingerprint density at radius 1 is 1.07 bits per heavy atom. The number of carbonyl (C=O) groups excluding carboxylic acids is 1. The second kappa shape index (κ2) is 11.2. The van der Waals surface area contributed by atoms with Crippen molar-refractivity contribution in [3.63, 3.8) is 0 Å². The van der Waals surface area contributed by atoms with Crippen molar-refractivity contribution < 1.29 is 9.53 Å². The van der Waals surface area contributed by atoms with Gasteiger partial charge in [0.25, 0.3) is 0 Å². The van der Waals surface area contributed by atoms with Crippen molar-refractivity contribution in [2.24, 2.45) is 0 Å². The van der Waals surface area contributed by atoms with Crippen LogP contribution in [0.4, 0.5) is 11.4 Å². The average molecular weight is 440 g/mol. The van der Waals surface area contributed by atoms with E-state index in [2.05, 4.69) is 29.4 Å². The van der Waals surface area contributed by atoms with Gasteiger partial charge in [-0.3, -0.25) is 0 Å². The van der Waals surface area contributed by atoms with E-state index in [9.17, 15) is 4.79 Å². The Morgan fingerprint density at radius 3 is 2.39 bits per heavy atom. The van der Waals surface area contributed by atoms with Gasteiger partial charge >= 0.3 is 5.97 Å². The van der Waals surface area contributed by atoms with Crippen molar-refractivity contribution in [3.05, 3.63) is 58.1 Å². The van der Waals surface area contributed by atoms with Crippen LogP contribution in [0.1, 0.15) is 24.2 Å². The average Bonchev–Trinajstić information content (AvgIpc) is 2.69. The molecule has 2 aromatic carbocycles. The summed E-state index contributed by atoms with van der Waals surface area (Å²) in [5.41, 5.74) is 1.83. The number of anilines is 2. The third kappa shape index (κ3) is 6.63. The van der Waals surface area contributed by atoms with Crippen molar-refractivity contribution in [1.29, 1.82) is 0 Å². The number of hydrogen-bond acceptors (Lipinski definition) is 4. The highest BCUT2D eigenvalue weighted by molar-refractivity contribution is 7.80. The number of hydrogen-bond donors (Lipinski definition) is 2. The Kier molecular flexibility index (Phi) is 8.99. The highest BCUT2D eigenvalue weighted by Crippen LogP contribution is 2.29. The van der Waals surface area contributed by atoms with E-state index < -0.39 is 0 Å². The molecule has 0 aliphatic heterocycles. The van der Waals surface area contributed by atoms with Crippen LogP contribution in [0, 0.1) is 0 Å². The lowest BCUT2D eigenvalue weighted by molar-refractivity contribution is 0.0466. The van der Waals surface area contributed by atoms with E-state index in [1.165, 1.54) is 0 Å². The third-order valence-corrected chi connectivity index (χ3v) is 5.14. The smallest absolute Gasteiger partial charge is 0.338 e. The Bertz CT molecular complexity index is 812. The van der Waals surface area contributed by atoms with Crippen LogP contribution in [0.15, 0.2) is 42.5 Å². The van der Waals surface area contributed by atoms with Crippen LogP contribution in [-0.4, -0.2) is 42.2 Å². The number of ether oxygens (including phenoxy) is 1. The second-order valence-electron chi connectivity index (χ2n) is 5.92. The van der Waals surface area contributed by atoms with Crippen LogP contribution in [0.2, 0.25) is 10.0 Å². The Labute approximate surface area is 181 Å². The molecule has 5 nitrogen and oxygen atoms in total. The zero-order chi connectivity index (χ0) is 20.5. The number of likely N-dealkylation sites (N-methyl/N-ethyl adjacent to an activating group) is 1. The molecule has 0 unspecified atom stereocenters. The topological polar surface area (TPSA) is 53.6 Å². The van der Waals surface area contributed by atoms with Crippen molar-refractivity contribution in [2.75, 3.05) is 36.9 Å². The zero-order valence-corrected chi connectivity index (χ0v) is 18.1. The summed E-state index contributed by atoms with van der Waals surface area (Å²) >= 11 is 17.4. The minimum atomic E-state index is -0.342. The highest BCUT2D eigenvalue weighted by atomic mass is 35.5. The van der Waals surface area contributed by atoms with E-state index in [0.717, 1.165) is 25.3 Å². The van der Waals surface area contributed by atoms with E-state index in [1.807, 2.05) is 0 Å². The van der Waals surface area contributed by atoms with Gasteiger partial charge in [-0.25, -0.2) is 4.79 Å². The SMILES string of the molecule is CCN(CC)CCOC(=O)c1ccc(NC(=S)Nc2cccc(Cl)c2Cl)cc1. The van der Waals surface area contributed by atoms with Gasteiger partial charge in [0.15, 0.2) is 5.11 Å². The summed E-state index contributed by atoms with van der Waals surface area (Å²) in [6, 6.07) is 12.2. The number of benzene rings is 2.